The highest BCUT2D eigenvalue weighted by molar-refractivity contribution is 5.98. The fourth-order valence-corrected chi connectivity index (χ4v) is 4.06. The van der Waals surface area contributed by atoms with Gasteiger partial charge in [0.2, 0.25) is 0 Å². The SMILES string of the molecule is N#C[C@H]1CN(C(=O)OC2CCOCC2)CC[C@@H]1n1cc(C(N)=O)c(Nc2ccc(F)cc2)n1. The molecule has 10 nitrogen and oxygen atoms in total. The van der Waals surface area contributed by atoms with Crippen molar-refractivity contribution in [1.29, 1.82) is 5.26 Å². The molecule has 2 fully saturated rings. The molecule has 4 rings (SSSR count). The number of benzene rings is 1. The topological polar surface area (TPSA) is 136 Å². The van der Waals surface area contributed by atoms with E-state index in [0.29, 0.717) is 44.7 Å². The lowest BCUT2D eigenvalue weighted by Crippen LogP contribution is -2.45. The lowest BCUT2D eigenvalue weighted by atomic mass is 9.94. The van der Waals surface area contributed by atoms with Gasteiger partial charge in [-0.1, -0.05) is 0 Å². The summed E-state index contributed by atoms with van der Waals surface area (Å²) in [5.74, 6) is -1.41. The van der Waals surface area contributed by atoms with Crippen molar-refractivity contribution in [1.82, 2.24) is 14.7 Å². The lowest BCUT2D eigenvalue weighted by Gasteiger charge is -2.35. The zero-order chi connectivity index (χ0) is 23.4. The van der Waals surface area contributed by atoms with E-state index < -0.39 is 17.9 Å². The van der Waals surface area contributed by atoms with E-state index in [2.05, 4.69) is 16.5 Å². The number of hydrogen-bond donors (Lipinski definition) is 2. The predicted octanol–water partition coefficient (Wildman–Crippen LogP) is 2.57. The summed E-state index contributed by atoms with van der Waals surface area (Å²) in [6.07, 6.45) is 2.68. The second kappa shape index (κ2) is 9.87. The van der Waals surface area contributed by atoms with Crippen molar-refractivity contribution >= 4 is 23.5 Å². The van der Waals surface area contributed by atoms with Gasteiger partial charge in [0.05, 0.1) is 31.2 Å². The first-order valence-corrected chi connectivity index (χ1v) is 10.8. The number of anilines is 2. The molecule has 0 saturated carbocycles. The van der Waals surface area contributed by atoms with Crippen LogP contribution in [-0.2, 0) is 9.47 Å². The number of ether oxygens (including phenoxy) is 2. The van der Waals surface area contributed by atoms with Crippen LogP contribution in [0.4, 0.5) is 20.7 Å². The van der Waals surface area contributed by atoms with Crippen LogP contribution >= 0.6 is 0 Å². The average molecular weight is 456 g/mol. The lowest BCUT2D eigenvalue weighted by molar-refractivity contribution is -0.0147. The Morgan fingerprint density at radius 3 is 2.64 bits per heavy atom. The van der Waals surface area contributed by atoms with Gasteiger partial charge in [0.15, 0.2) is 5.82 Å². The molecule has 0 bridgehead atoms. The number of amides is 2. The van der Waals surface area contributed by atoms with Gasteiger partial charge in [-0.15, -0.1) is 0 Å². The smallest absolute Gasteiger partial charge is 0.410 e. The zero-order valence-corrected chi connectivity index (χ0v) is 17.9. The highest BCUT2D eigenvalue weighted by atomic mass is 19.1. The molecule has 11 heteroatoms. The van der Waals surface area contributed by atoms with Crippen molar-refractivity contribution in [3.8, 4) is 6.07 Å². The Balaban J connectivity index is 1.47. The minimum absolute atomic E-state index is 0.150. The van der Waals surface area contributed by atoms with Crippen molar-refractivity contribution in [2.45, 2.75) is 31.4 Å². The summed E-state index contributed by atoms with van der Waals surface area (Å²) in [6.45, 7) is 1.71. The molecule has 0 unspecified atom stereocenters. The molecule has 2 aromatic rings. The maximum atomic E-state index is 13.2. The third kappa shape index (κ3) is 5.23. The van der Waals surface area contributed by atoms with E-state index in [1.807, 2.05) is 0 Å². The van der Waals surface area contributed by atoms with Gasteiger partial charge in [0.1, 0.15) is 17.5 Å². The maximum Gasteiger partial charge on any atom is 0.410 e. The number of piperidine rings is 1. The van der Waals surface area contributed by atoms with Gasteiger partial charge in [-0.2, -0.15) is 10.4 Å². The molecule has 2 aliphatic heterocycles. The van der Waals surface area contributed by atoms with Crippen LogP contribution in [0, 0.1) is 23.1 Å². The van der Waals surface area contributed by atoms with Gasteiger partial charge >= 0.3 is 6.09 Å². The standard InChI is InChI=1S/C22H25FN6O4/c23-15-1-3-16(4-2-15)26-21-18(20(25)30)13-29(27-21)19-5-8-28(12-14(19)11-24)22(31)33-17-6-9-32-10-7-17/h1-4,13-14,17,19H,5-10,12H2,(H2,25,30)(H,26,27)/t14-,19-/m0/s1. The van der Waals surface area contributed by atoms with Crippen molar-refractivity contribution in [2.24, 2.45) is 11.7 Å². The molecule has 3 heterocycles. The number of nitrogens with two attached hydrogens (primary N) is 1. The summed E-state index contributed by atoms with van der Waals surface area (Å²) in [5.41, 5.74) is 6.20. The van der Waals surface area contributed by atoms with Crippen LogP contribution in [0.3, 0.4) is 0 Å². The Morgan fingerprint density at radius 1 is 1.24 bits per heavy atom. The van der Waals surface area contributed by atoms with Crippen LogP contribution in [-0.4, -0.2) is 59.1 Å². The van der Waals surface area contributed by atoms with Crippen molar-refractivity contribution in [3.63, 3.8) is 0 Å². The number of nitrogens with zero attached hydrogens (tertiary/aromatic N) is 4. The number of nitrogens with one attached hydrogen (secondary N) is 1. The summed E-state index contributed by atoms with van der Waals surface area (Å²) in [4.78, 5) is 26.1. The number of carbonyl (C=O) groups excluding carboxylic acids is 2. The molecule has 0 spiro atoms. The van der Waals surface area contributed by atoms with E-state index in [1.54, 1.807) is 4.68 Å². The molecule has 0 aliphatic carbocycles. The van der Waals surface area contributed by atoms with Gasteiger partial charge in [-0.25, -0.2) is 9.18 Å². The van der Waals surface area contributed by atoms with E-state index in [9.17, 15) is 19.2 Å². The largest absolute Gasteiger partial charge is 0.446 e. The Bertz CT molecular complexity index is 1040. The van der Waals surface area contributed by atoms with E-state index >= 15 is 0 Å². The summed E-state index contributed by atoms with van der Waals surface area (Å²) < 4.78 is 25.6. The van der Waals surface area contributed by atoms with E-state index in [1.165, 1.54) is 35.4 Å². The second-order valence-electron chi connectivity index (χ2n) is 8.10. The summed E-state index contributed by atoms with van der Waals surface area (Å²) in [6, 6.07) is 7.48. The molecule has 2 amide bonds. The van der Waals surface area contributed by atoms with Crippen molar-refractivity contribution in [3.05, 3.63) is 41.8 Å². The normalized spacial score (nSPS) is 21.3. The average Bonchev–Trinajstić information content (AvgIpc) is 3.24. The third-order valence-electron chi connectivity index (χ3n) is 5.88. The first-order chi connectivity index (χ1) is 15.9. The van der Waals surface area contributed by atoms with Crippen LogP contribution in [0.15, 0.2) is 30.5 Å². The minimum Gasteiger partial charge on any atom is -0.446 e. The predicted molar refractivity (Wildman–Crippen MR) is 115 cm³/mol. The highest BCUT2D eigenvalue weighted by Gasteiger charge is 2.35. The van der Waals surface area contributed by atoms with Crippen molar-refractivity contribution in [2.75, 3.05) is 31.6 Å². The molecule has 2 atom stereocenters. The molecule has 1 aromatic heterocycles. The molecular weight excluding hydrogens is 431 g/mol. The van der Waals surface area contributed by atoms with Gasteiger partial charge < -0.3 is 25.4 Å². The van der Waals surface area contributed by atoms with Gasteiger partial charge in [-0.05, 0) is 30.7 Å². The van der Waals surface area contributed by atoms with Crippen LogP contribution in [0.5, 0.6) is 0 Å². The Morgan fingerprint density at radius 2 is 1.97 bits per heavy atom. The summed E-state index contributed by atoms with van der Waals surface area (Å²) in [7, 11) is 0. The number of aromatic nitrogens is 2. The fraction of sp³-hybridized carbons (Fsp3) is 0.455. The summed E-state index contributed by atoms with van der Waals surface area (Å²) >= 11 is 0. The van der Waals surface area contributed by atoms with E-state index in [-0.39, 0.29) is 35.9 Å². The van der Waals surface area contributed by atoms with Gasteiger partial charge in [-0.3, -0.25) is 9.48 Å². The molecular formula is C22H25FN6O4. The number of halogens is 1. The fourth-order valence-electron chi connectivity index (χ4n) is 4.06. The molecule has 1 aromatic carbocycles. The summed E-state index contributed by atoms with van der Waals surface area (Å²) in [5, 5.41) is 17.2. The molecule has 0 radical (unpaired) electrons. The quantitative estimate of drug-likeness (QED) is 0.706. The van der Waals surface area contributed by atoms with E-state index in [0.717, 1.165) is 0 Å². The number of rotatable bonds is 5. The first-order valence-electron chi connectivity index (χ1n) is 10.8. The Hall–Kier alpha value is -3.65. The van der Waals surface area contributed by atoms with Crippen molar-refractivity contribution < 1.29 is 23.5 Å². The minimum atomic E-state index is -0.683. The van der Waals surface area contributed by atoms with Crippen LogP contribution in [0.2, 0.25) is 0 Å². The Kier molecular flexibility index (Phi) is 6.74. The first kappa shape index (κ1) is 22.5. The number of primary amides is 1. The van der Waals surface area contributed by atoms with E-state index in [4.69, 9.17) is 15.2 Å². The molecule has 33 heavy (non-hydrogen) atoms. The maximum absolute atomic E-state index is 13.2. The third-order valence-corrected chi connectivity index (χ3v) is 5.88. The van der Waals surface area contributed by atoms with Gasteiger partial charge in [0.25, 0.3) is 5.91 Å². The molecule has 3 N–H and O–H groups in total. The zero-order valence-electron chi connectivity index (χ0n) is 17.9. The van der Waals surface area contributed by atoms with Crippen LogP contribution in [0.1, 0.15) is 35.7 Å². The number of hydrogen-bond acceptors (Lipinski definition) is 7. The van der Waals surface area contributed by atoms with Gasteiger partial charge in [0, 0.05) is 37.8 Å². The second-order valence-corrected chi connectivity index (χ2v) is 8.10. The van der Waals surface area contributed by atoms with Crippen LogP contribution < -0.4 is 11.1 Å². The number of nitriles is 1. The molecule has 174 valence electrons. The highest BCUT2D eigenvalue weighted by Crippen LogP contribution is 2.31. The monoisotopic (exact) mass is 456 g/mol. The number of likely N-dealkylation sites (tertiary alicyclic amines) is 1. The molecule has 2 aliphatic rings. The Labute approximate surface area is 190 Å². The van der Waals surface area contributed by atoms with Crippen LogP contribution in [0.25, 0.3) is 0 Å². The molecule has 2 saturated heterocycles. The number of carbonyl (C=O) groups is 2.